The van der Waals surface area contributed by atoms with Crippen molar-refractivity contribution in [1.82, 2.24) is 14.3 Å². The van der Waals surface area contributed by atoms with Gasteiger partial charge in [0.2, 0.25) is 5.89 Å². The Kier molecular flexibility index (Phi) is 5.04. The van der Waals surface area contributed by atoms with Gasteiger partial charge in [0.25, 0.3) is 15.1 Å². The maximum atomic E-state index is 13.3. The van der Waals surface area contributed by atoms with Crippen LogP contribution in [0.2, 0.25) is 0 Å². The molecule has 1 fully saturated rings. The highest BCUT2D eigenvalue weighted by Gasteiger charge is 2.36. The number of fused-ring (bicyclic) bond motifs is 1. The highest BCUT2D eigenvalue weighted by atomic mass is 32.2. The number of aryl methyl sites for hydroxylation is 1. The molecule has 4 aromatic rings. The summed E-state index contributed by atoms with van der Waals surface area (Å²) in [6.45, 7) is 2.49. The number of hydrogen-bond acceptors (Lipinski definition) is 7. The van der Waals surface area contributed by atoms with Crippen LogP contribution in [-0.4, -0.2) is 35.8 Å². The maximum absolute atomic E-state index is 13.3. The lowest BCUT2D eigenvalue weighted by Crippen LogP contribution is -2.38. The molecular weight excluding hydrogens is 428 g/mol. The summed E-state index contributed by atoms with van der Waals surface area (Å²) >= 11 is 0. The Hall–Kier alpha value is -3.48. The van der Waals surface area contributed by atoms with E-state index in [0.29, 0.717) is 24.3 Å². The van der Waals surface area contributed by atoms with E-state index in [9.17, 15) is 13.7 Å². The average Bonchev–Trinajstić information content (AvgIpc) is 3.44. The first-order valence-corrected chi connectivity index (χ1v) is 11.7. The van der Waals surface area contributed by atoms with Crippen LogP contribution in [0.15, 0.2) is 62.5 Å². The van der Waals surface area contributed by atoms with E-state index in [2.05, 4.69) is 9.97 Å². The molecule has 32 heavy (non-hydrogen) atoms. The molecule has 1 aliphatic rings. The predicted molar refractivity (Wildman–Crippen MR) is 116 cm³/mol. The minimum absolute atomic E-state index is 0.0298. The highest BCUT2D eigenvalue weighted by Crippen LogP contribution is 2.34. The zero-order chi connectivity index (χ0) is 22.3. The minimum Gasteiger partial charge on any atom is -0.440 e. The summed E-state index contributed by atoms with van der Waals surface area (Å²) in [5.74, 6) is 0.769. The van der Waals surface area contributed by atoms with Crippen LogP contribution >= 0.6 is 0 Å². The number of para-hydroxylation sites is 2. The summed E-state index contributed by atoms with van der Waals surface area (Å²) in [6.07, 6.45) is 1.12. The summed E-state index contributed by atoms with van der Waals surface area (Å²) < 4.78 is 39.3. The first-order chi connectivity index (χ1) is 15.5. The number of nitriles is 1. The van der Waals surface area contributed by atoms with E-state index in [1.54, 1.807) is 12.1 Å². The van der Waals surface area contributed by atoms with Crippen molar-refractivity contribution < 1.29 is 17.3 Å². The Labute approximate surface area is 185 Å². The molecule has 0 saturated carbocycles. The second kappa shape index (κ2) is 7.89. The summed E-state index contributed by atoms with van der Waals surface area (Å²) in [7, 11) is -4.00. The van der Waals surface area contributed by atoms with E-state index < -0.39 is 15.1 Å². The molecule has 0 atom stereocenters. The molecule has 0 radical (unpaired) electrons. The van der Waals surface area contributed by atoms with Crippen LogP contribution in [0, 0.1) is 18.3 Å². The Morgan fingerprint density at radius 2 is 1.75 bits per heavy atom. The minimum atomic E-state index is -4.00. The molecule has 162 valence electrons. The molecule has 8 nitrogen and oxygen atoms in total. The van der Waals surface area contributed by atoms with Gasteiger partial charge in [-0.25, -0.2) is 13.4 Å². The summed E-state index contributed by atoms with van der Waals surface area (Å²) in [6, 6.07) is 16.7. The summed E-state index contributed by atoms with van der Waals surface area (Å²) in [5, 5.41) is 9.06. The molecule has 0 amide bonds. The van der Waals surface area contributed by atoms with Crippen molar-refractivity contribution in [3.05, 3.63) is 65.7 Å². The third-order valence-electron chi connectivity index (χ3n) is 5.69. The molecule has 2 aromatic carbocycles. The van der Waals surface area contributed by atoms with E-state index in [1.807, 2.05) is 49.4 Å². The van der Waals surface area contributed by atoms with Crippen molar-refractivity contribution in [1.29, 1.82) is 5.26 Å². The zero-order valence-electron chi connectivity index (χ0n) is 17.4. The number of benzene rings is 2. The normalized spacial score (nSPS) is 15.8. The van der Waals surface area contributed by atoms with Gasteiger partial charge in [-0.2, -0.15) is 14.6 Å². The fraction of sp³-hybridized carbons (Fsp3) is 0.261. The number of rotatable bonds is 4. The number of aromatic nitrogens is 2. The van der Waals surface area contributed by atoms with Crippen LogP contribution in [0.4, 0.5) is 0 Å². The SMILES string of the molecule is Cc1ccc(-c2nc(C#N)c(S(=O)(=O)N3CCC(c4nc5ccccc5o4)CC3)o2)cc1. The quantitative estimate of drug-likeness (QED) is 0.459. The lowest BCUT2D eigenvalue weighted by Gasteiger charge is -2.28. The fourth-order valence-corrected chi connectivity index (χ4v) is 5.34. The van der Waals surface area contributed by atoms with Crippen LogP contribution in [0.5, 0.6) is 0 Å². The lowest BCUT2D eigenvalue weighted by molar-refractivity contribution is 0.287. The number of piperidine rings is 1. The van der Waals surface area contributed by atoms with Gasteiger partial charge in [0.15, 0.2) is 17.2 Å². The van der Waals surface area contributed by atoms with E-state index >= 15 is 0 Å². The van der Waals surface area contributed by atoms with E-state index in [1.165, 1.54) is 4.31 Å². The summed E-state index contributed by atoms with van der Waals surface area (Å²) in [5.41, 5.74) is 2.95. The van der Waals surface area contributed by atoms with Crippen LogP contribution in [0.1, 0.15) is 35.9 Å². The van der Waals surface area contributed by atoms with Crippen molar-refractivity contribution in [2.45, 2.75) is 30.8 Å². The van der Waals surface area contributed by atoms with Gasteiger partial charge in [-0.15, -0.1) is 0 Å². The molecule has 0 N–H and O–H groups in total. The van der Waals surface area contributed by atoms with Crippen LogP contribution in [0.3, 0.4) is 0 Å². The van der Waals surface area contributed by atoms with Crippen molar-refractivity contribution >= 4 is 21.1 Å². The van der Waals surface area contributed by atoms with Crippen LogP contribution < -0.4 is 0 Å². The number of nitrogens with zero attached hydrogens (tertiary/aromatic N) is 4. The standard InChI is InChI=1S/C23H20N4O4S/c1-15-6-8-16(9-7-15)22-26-19(14-24)23(31-22)32(28,29)27-12-10-17(11-13-27)21-25-18-4-2-3-5-20(18)30-21/h2-9,17H,10-13H2,1H3. The number of oxazole rings is 2. The van der Waals surface area contributed by atoms with Gasteiger partial charge in [-0.1, -0.05) is 29.8 Å². The number of hydrogen-bond donors (Lipinski definition) is 0. The highest BCUT2D eigenvalue weighted by molar-refractivity contribution is 7.89. The molecule has 3 heterocycles. The van der Waals surface area contributed by atoms with Gasteiger partial charge in [0.05, 0.1) is 0 Å². The van der Waals surface area contributed by atoms with Gasteiger partial charge < -0.3 is 8.83 Å². The fourth-order valence-electron chi connectivity index (χ4n) is 3.90. The molecule has 5 rings (SSSR count). The molecule has 1 aliphatic heterocycles. The average molecular weight is 449 g/mol. The molecule has 1 saturated heterocycles. The zero-order valence-corrected chi connectivity index (χ0v) is 18.2. The molecular formula is C23H20N4O4S. The molecule has 0 unspecified atom stereocenters. The van der Waals surface area contributed by atoms with Crippen molar-refractivity contribution in [3.63, 3.8) is 0 Å². The summed E-state index contributed by atoms with van der Waals surface area (Å²) in [4.78, 5) is 8.66. The topological polar surface area (TPSA) is 113 Å². The maximum Gasteiger partial charge on any atom is 0.279 e. The first kappa shape index (κ1) is 20.4. The molecule has 2 aromatic heterocycles. The lowest BCUT2D eigenvalue weighted by atomic mass is 9.98. The third-order valence-corrected chi connectivity index (χ3v) is 7.48. The van der Waals surface area contributed by atoms with E-state index in [4.69, 9.17) is 8.83 Å². The Balaban J connectivity index is 1.37. The largest absolute Gasteiger partial charge is 0.440 e. The smallest absolute Gasteiger partial charge is 0.279 e. The van der Waals surface area contributed by atoms with Crippen molar-refractivity contribution in [3.8, 4) is 17.5 Å². The van der Waals surface area contributed by atoms with Gasteiger partial charge in [-0.05, 0) is 44.0 Å². The van der Waals surface area contributed by atoms with Gasteiger partial charge in [0, 0.05) is 24.6 Å². The van der Waals surface area contributed by atoms with Crippen LogP contribution in [0.25, 0.3) is 22.6 Å². The first-order valence-electron chi connectivity index (χ1n) is 10.3. The predicted octanol–water partition coefficient (Wildman–Crippen LogP) is 4.23. The second-order valence-electron chi connectivity index (χ2n) is 7.83. The molecule has 0 aliphatic carbocycles. The van der Waals surface area contributed by atoms with Gasteiger partial charge in [0.1, 0.15) is 11.6 Å². The van der Waals surface area contributed by atoms with Gasteiger partial charge in [-0.3, -0.25) is 0 Å². The number of sulfonamides is 1. The van der Waals surface area contributed by atoms with E-state index in [0.717, 1.165) is 16.7 Å². The second-order valence-corrected chi connectivity index (χ2v) is 9.67. The Morgan fingerprint density at radius 3 is 2.44 bits per heavy atom. The molecule has 0 bridgehead atoms. The molecule has 0 spiro atoms. The Morgan fingerprint density at radius 1 is 1.03 bits per heavy atom. The van der Waals surface area contributed by atoms with Crippen molar-refractivity contribution in [2.24, 2.45) is 0 Å². The van der Waals surface area contributed by atoms with E-state index in [-0.39, 0.29) is 30.6 Å². The molecule has 9 heteroatoms. The van der Waals surface area contributed by atoms with Gasteiger partial charge >= 0.3 is 0 Å². The third kappa shape index (κ3) is 3.57. The monoisotopic (exact) mass is 448 g/mol. The van der Waals surface area contributed by atoms with Crippen molar-refractivity contribution in [2.75, 3.05) is 13.1 Å². The Bertz CT molecular complexity index is 1390. The van der Waals surface area contributed by atoms with Crippen LogP contribution in [-0.2, 0) is 10.0 Å².